The zero-order chi connectivity index (χ0) is 34.1. The van der Waals surface area contributed by atoms with Crippen LogP contribution in [0.4, 0.5) is 5.69 Å². The number of benzene rings is 2. The molecule has 0 saturated heterocycles. The van der Waals surface area contributed by atoms with Crippen LogP contribution in [-0.4, -0.2) is 96.3 Å². The van der Waals surface area contributed by atoms with E-state index in [0.29, 0.717) is 25.3 Å². The van der Waals surface area contributed by atoms with Crippen molar-refractivity contribution in [2.75, 3.05) is 38.1 Å². The number of amides is 2. The van der Waals surface area contributed by atoms with E-state index in [4.69, 9.17) is 9.47 Å². The summed E-state index contributed by atoms with van der Waals surface area (Å²) in [6, 6.07) is 13.6. The predicted molar refractivity (Wildman–Crippen MR) is 179 cm³/mol. The number of imidazole rings is 1. The lowest BCUT2D eigenvalue weighted by molar-refractivity contribution is -0.131. The molecular weight excluding hydrogens is 622 g/mol. The number of hydrogen-bond acceptors (Lipinski definition) is 8. The highest BCUT2D eigenvalue weighted by Gasteiger charge is 2.31. The average molecular weight is 670 g/mol. The van der Waals surface area contributed by atoms with Gasteiger partial charge in [-0.1, -0.05) is 37.3 Å². The third-order valence-corrected chi connectivity index (χ3v) is 9.60. The Balaban J connectivity index is 1.62. The second kappa shape index (κ2) is 16.2. The van der Waals surface area contributed by atoms with Crippen molar-refractivity contribution < 1.29 is 32.6 Å². The number of nitrogens with one attached hydrogen (secondary N) is 1. The number of fused-ring (bicyclic) bond motifs is 1. The molecule has 0 saturated carbocycles. The molecular formula is C34H47N5O7S. The summed E-state index contributed by atoms with van der Waals surface area (Å²) >= 11 is 0. The van der Waals surface area contributed by atoms with E-state index < -0.39 is 22.0 Å². The van der Waals surface area contributed by atoms with E-state index in [-0.39, 0.29) is 59.9 Å². The Morgan fingerprint density at radius 3 is 2.60 bits per heavy atom. The SMILES string of the molecule is C[C@@H]1CCCCO[C@H](CN(C)C(=O)Cc2ccccc2)[C@@H](C)CN([C@@H](C)CO)C(=O)c2cc(NS(=O)(=O)c3cn(C)cn3)ccc2O1. The quantitative estimate of drug-likeness (QED) is 0.351. The molecule has 47 heavy (non-hydrogen) atoms. The fourth-order valence-electron chi connectivity index (χ4n) is 5.46. The minimum Gasteiger partial charge on any atom is -0.490 e. The maximum absolute atomic E-state index is 14.3. The molecule has 12 nitrogen and oxygen atoms in total. The van der Waals surface area contributed by atoms with Gasteiger partial charge >= 0.3 is 0 Å². The van der Waals surface area contributed by atoms with E-state index >= 15 is 0 Å². The lowest BCUT2D eigenvalue weighted by Gasteiger charge is -2.36. The van der Waals surface area contributed by atoms with Crippen LogP contribution in [0.3, 0.4) is 0 Å². The average Bonchev–Trinajstić information content (AvgIpc) is 3.50. The molecule has 0 radical (unpaired) electrons. The van der Waals surface area contributed by atoms with Crippen molar-refractivity contribution in [3.8, 4) is 5.75 Å². The molecule has 3 aromatic rings. The van der Waals surface area contributed by atoms with Crippen molar-refractivity contribution >= 4 is 27.5 Å². The predicted octanol–water partition coefficient (Wildman–Crippen LogP) is 3.72. The van der Waals surface area contributed by atoms with Crippen molar-refractivity contribution in [1.82, 2.24) is 19.4 Å². The molecule has 2 heterocycles. The van der Waals surface area contributed by atoms with Gasteiger partial charge in [0, 0.05) is 51.6 Å². The van der Waals surface area contributed by atoms with Crippen molar-refractivity contribution in [3.05, 3.63) is 72.2 Å². The molecule has 4 rings (SSSR count). The summed E-state index contributed by atoms with van der Waals surface area (Å²) in [6.07, 6.45) is 4.74. The first-order chi connectivity index (χ1) is 22.4. The molecule has 2 amide bonds. The number of rotatable bonds is 9. The first-order valence-corrected chi connectivity index (χ1v) is 17.5. The molecule has 2 aromatic carbocycles. The first-order valence-electron chi connectivity index (χ1n) is 16.0. The Bertz CT molecular complexity index is 1600. The number of sulfonamides is 1. The minimum atomic E-state index is -4.02. The molecule has 1 aliphatic heterocycles. The van der Waals surface area contributed by atoms with Gasteiger partial charge in [-0.15, -0.1) is 0 Å². The highest BCUT2D eigenvalue weighted by atomic mass is 32.2. The number of aryl methyl sites for hydroxylation is 1. The van der Waals surface area contributed by atoms with Gasteiger partial charge in [-0.05, 0) is 56.9 Å². The first kappa shape index (κ1) is 35.9. The number of carbonyl (C=O) groups excluding carboxylic acids is 2. The highest BCUT2D eigenvalue weighted by Crippen LogP contribution is 2.29. The number of aliphatic hydroxyl groups excluding tert-OH is 1. The molecule has 0 bridgehead atoms. The van der Waals surface area contributed by atoms with Gasteiger partial charge in [-0.25, -0.2) is 4.98 Å². The molecule has 0 unspecified atom stereocenters. The lowest BCUT2D eigenvalue weighted by atomic mass is 10.0. The van der Waals surface area contributed by atoms with Crippen molar-refractivity contribution in [2.24, 2.45) is 13.0 Å². The number of hydrogen-bond donors (Lipinski definition) is 2. The summed E-state index contributed by atoms with van der Waals surface area (Å²) in [4.78, 5) is 34.6. The second-order valence-corrected chi connectivity index (χ2v) is 14.1. The van der Waals surface area contributed by atoms with Crippen LogP contribution in [0.5, 0.6) is 5.75 Å². The second-order valence-electron chi connectivity index (χ2n) is 12.4. The zero-order valence-corrected chi connectivity index (χ0v) is 28.7. The van der Waals surface area contributed by atoms with E-state index in [1.807, 2.05) is 44.2 Å². The Hall–Kier alpha value is -3.94. The van der Waals surface area contributed by atoms with E-state index in [1.165, 1.54) is 23.2 Å². The van der Waals surface area contributed by atoms with Crippen molar-refractivity contribution in [2.45, 2.75) is 69.7 Å². The van der Waals surface area contributed by atoms with Crippen LogP contribution < -0.4 is 9.46 Å². The normalized spacial score (nSPS) is 20.4. The Labute approximate surface area is 277 Å². The van der Waals surface area contributed by atoms with E-state index in [9.17, 15) is 23.1 Å². The number of anilines is 1. The molecule has 256 valence electrons. The monoisotopic (exact) mass is 669 g/mol. The molecule has 1 aromatic heterocycles. The standard InChI is InChI=1S/C34H47N5O7S/c1-24-19-39(25(2)22-40)34(42)29-18-28(36-47(43,44)32-21-37(4)23-35-32)14-15-30(29)46-26(3)11-9-10-16-45-31(24)20-38(5)33(41)17-27-12-7-6-8-13-27/h6-8,12-15,18,21,23-26,31,36,40H,9-11,16-17,19-20,22H2,1-5H3/t24-,25-,26+,31+/m0/s1. The lowest BCUT2D eigenvalue weighted by Crippen LogP contribution is -2.48. The summed E-state index contributed by atoms with van der Waals surface area (Å²) in [7, 11) is -0.593. The highest BCUT2D eigenvalue weighted by molar-refractivity contribution is 7.92. The van der Waals surface area contributed by atoms with Gasteiger partial charge in [0.25, 0.3) is 15.9 Å². The van der Waals surface area contributed by atoms with Crippen LogP contribution in [0.25, 0.3) is 0 Å². The van der Waals surface area contributed by atoms with Gasteiger partial charge in [-0.3, -0.25) is 14.3 Å². The molecule has 0 spiro atoms. The van der Waals surface area contributed by atoms with Gasteiger partial charge < -0.3 is 28.9 Å². The van der Waals surface area contributed by atoms with Gasteiger partial charge in [0.05, 0.1) is 43.2 Å². The Morgan fingerprint density at radius 1 is 1.17 bits per heavy atom. The van der Waals surface area contributed by atoms with E-state index in [0.717, 1.165) is 18.4 Å². The molecule has 4 atom stereocenters. The Morgan fingerprint density at radius 2 is 1.91 bits per heavy atom. The van der Waals surface area contributed by atoms with E-state index in [1.54, 1.807) is 43.0 Å². The van der Waals surface area contributed by atoms with Crippen molar-refractivity contribution in [3.63, 3.8) is 0 Å². The summed E-state index contributed by atoms with van der Waals surface area (Å²) in [5.41, 5.74) is 1.26. The molecule has 2 N–H and O–H groups in total. The van der Waals surface area contributed by atoms with Gasteiger partial charge in [0.15, 0.2) is 5.03 Å². The minimum absolute atomic E-state index is 0.0383. The number of likely N-dealkylation sites (N-methyl/N-ethyl adjacent to an activating group) is 1. The van der Waals surface area contributed by atoms with Crippen LogP contribution in [0.15, 0.2) is 66.1 Å². The summed E-state index contributed by atoms with van der Waals surface area (Å²) in [6.45, 7) is 6.37. The van der Waals surface area contributed by atoms with Crippen molar-refractivity contribution in [1.29, 1.82) is 0 Å². The van der Waals surface area contributed by atoms with Crippen LogP contribution in [0.2, 0.25) is 0 Å². The fraction of sp³-hybridized carbons (Fsp3) is 0.500. The van der Waals surface area contributed by atoms with Gasteiger partial charge in [0.1, 0.15) is 5.75 Å². The maximum atomic E-state index is 14.3. The van der Waals surface area contributed by atoms with Crippen LogP contribution in [0.1, 0.15) is 56.0 Å². The zero-order valence-electron chi connectivity index (χ0n) is 27.8. The van der Waals surface area contributed by atoms with Crippen LogP contribution >= 0.6 is 0 Å². The number of aromatic nitrogens is 2. The topological polar surface area (TPSA) is 143 Å². The largest absolute Gasteiger partial charge is 0.490 e. The van der Waals surface area contributed by atoms with Crippen LogP contribution in [-0.2, 0) is 33.0 Å². The number of carbonyl (C=O) groups is 2. The molecule has 1 aliphatic rings. The van der Waals surface area contributed by atoms with Gasteiger partial charge in [-0.2, -0.15) is 8.42 Å². The molecule has 0 fully saturated rings. The van der Waals surface area contributed by atoms with E-state index in [2.05, 4.69) is 9.71 Å². The number of nitrogens with zero attached hydrogens (tertiary/aromatic N) is 4. The van der Waals surface area contributed by atoms with Crippen LogP contribution in [0, 0.1) is 5.92 Å². The third-order valence-electron chi connectivity index (χ3n) is 8.34. The fourth-order valence-corrected chi connectivity index (χ4v) is 6.49. The van der Waals surface area contributed by atoms with Gasteiger partial charge in [0.2, 0.25) is 5.91 Å². The third kappa shape index (κ3) is 9.78. The molecule has 0 aliphatic carbocycles. The maximum Gasteiger partial charge on any atom is 0.280 e. The summed E-state index contributed by atoms with van der Waals surface area (Å²) in [5.74, 6) is -0.369. The summed E-state index contributed by atoms with van der Waals surface area (Å²) in [5, 5.41) is 10.0. The summed E-state index contributed by atoms with van der Waals surface area (Å²) < 4.78 is 42.7. The number of ether oxygens (including phenoxy) is 2. The smallest absolute Gasteiger partial charge is 0.280 e. The Kier molecular flexibility index (Phi) is 12.4. The molecule has 13 heteroatoms. The number of aliphatic hydroxyl groups is 1.